The molecule has 1 N–H and O–H groups in total. The van der Waals surface area contributed by atoms with E-state index in [2.05, 4.69) is 5.32 Å². The van der Waals surface area contributed by atoms with Crippen LogP contribution in [-0.2, 0) is 16.0 Å². The van der Waals surface area contributed by atoms with Crippen LogP contribution in [0.3, 0.4) is 0 Å². The molecule has 2 aromatic heterocycles. The second-order valence-corrected chi connectivity index (χ2v) is 11.0. The van der Waals surface area contributed by atoms with E-state index in [0.717, 1.165) is 29.8 Å². The molecule has 0 unspecified atom stereocenters. The number of para-hydroxylation sites is 1. The molecule has 0 radical (unpaired) electrons. The van der Waals surface area contributed by atoms with Crippen molar-refractivity contribution in [2.24, 2.45) is 5.41 Å². The van der Waals surface area contributed by atoms with Gasteiger partial charge in [-0.1, -0.05) is 18.2 Å². The number of nitrogens with one attached hydrogen (secondary N) is 1. The maximum atomic E-state index is 13.4. The first-order valence-corrected chi connectivity index (χ1v) is 13.4. The van der Waals surface area contributed by atoms with Crippen LogP contribution in [0.4, 0.5) is 0 Å². The lowest BCUT2D eigenvalue weighted by atomic mass is 9.77. The van der Waals surface area contributed by atoms with Crippen molar-refractivity contribution < 1.29 is 14.4 Å². The second-order valence-electron chi connectivity index (χ2n) is 9.95. The van der Waals surface area contributed by atoms with E-state index in [9.17, 15) is 14.4 Å². The monoisotopic (exact) mass is 504 g/mol. The van der Waals surface area contributed by atoms with Gasteiger partial charge < -0.3 is 19.7 Å². The lowest BCUT2D eigenvalue weighted by Crippen LogP contribution is -2.50. The molecule has 7 nitrogen and oxygen atoms in total. The van der Waals surface area contributed by atoms with E-state index in [1.165, 1.54) is 6.92 Å². The smallest absolute Gasteiger partial charge is 0.255 e. The Balaban J connectivity index is 1.22. The molecule has 2 saturated heterocycles. The van der Waals surface area contributed by atoms with Crippen LogP contribution in [0.5, 0.6) is 0 Å². The Labute approximate surface area is 215 Å². The minimum absolute atomic E-state index is 0.00497. The number of amides is 3. The molecule has 2 aliphatic heterocycles. The van der Waals surface area contributed by atoms with Gasteiger partial charge in [0, 0.05) is 56.8 Å². The minimum Gasteiger partial charge on any atom is -0.344 e. The van der Waals surface area contributed by atoms with Crippen LogP contribution < -0.4 is 5.32 Å². The normalized spacial score (nSPS) is 17.8. The van der Waals surface area contributed by atoms with Gasteiger partial charge in [-0.2, -0.15) is 0 Å². The standard InChI is InChI=1S/C28H32N4O3S/c1-21(33)29-24(19-22-7-6-18-36-22)27(35)32-17-12-28(20-32)10-15-31(16-11-28)26(34)23-8-2-3-9-25(23)30-13-4-5-14-30/h2-9,13-14,18,24H,10-12,15-17,19-20H2,1H3,(H,29,33)/t24-/m0/s1. The Bertz CT molecular complexity index is 1210. The number of hydrogen-bond donors (Lipinski definition) is 1. The van der Waals surface area contributed by atoms with Crippen molar-refractivity contribution in [2.45, 2.75) is 38.6 Å². The fraction of sp³-hybridized carbons (Fsp3) is 0.393. The van der Waals surface area contributed by atoms with Crippen molar-refractivity contribution in [1.82, 2.24) is 19.7 Å². The zero-order valence-corrected chi connectivity index (χ0v) is 21.4. The van der Waals surface area contributed by atoms with Gasteiger partial charge >= 0.3 is 0 Å². The first kappa shape index (κ1) is 24.3. The molecule has 36 heavy (non-hydrogen) atoms. The van der Waals surface area contributed by atoms with Gasteiger partial charge in [0.1, 0.15) is 6.04 Å². The number of hydrogen-bond acceptors (Lipinski definition) is 4. The van der Waals surface area contributed by atoms with Gasteiger partial charge in [0.2, 0.25) is 11.8 Å². The molecule has 0 aliphatic carbocycles. The summed E-state index contributed by atoms with van der Waals surface area (Å²) in [6, 6.07) is 15.1. The zero-order chi connectivity index (χ0) is 25.1. The minimum atomic E-state index is -0.539. The molecule has 1 spiro atoms. The molecule has 0 saturated carbocycles. The number of piperidine rings is 1. The van der Waals surface area contributed by atoms with Gasteiger partial charge in [0.15, 0.2) is 0 Å². The molecule has 188 valence electrons. The van der Waals surface area contributed by atoms with Crippen LogP contribution in [0.25, 0.3) is 5.69 Å². The SMILES string of the molecule is CC(=O)N[C@@H](Cc1cccs1)C(=O)N1CCC2(CCN(C(=O)c3ccccc3-n3cccc3)CC2)C1. The van der Waals surface area contributed by atoms with Crippen LogP contribution in [0.15, 0.2) is 66.3 Å². The summed E-state index contributed by atoms with van der Waals surface area (Å²) in [7, 11) is 0. The zero-order valence-electron chi connectivity index (χ0n) is 20.6. The first-order chi connectivity index (χ1) is 17.4. The average molecular weight is 505 g/mol. The number of carbonyl (C=O) groups excluding carboxylic acids is 3. The van der Waals surface area contributed by atoms with Crippen molar-refractivity contribution in [3.8, 4) is 5.69 Å². The van der Waals surface area contributed by atoms with Crippen molar-refractivity contribution in [2.75, 3.05) is 26.2 Å². The highest BCUT2D eigenvalue weighted by atomic mass is 32.1. The number of aromatic nitrogens is 1. The summed E-state index contributed by atoms with van der Waals surface area (Å²) in [5.74, 6) is -0.137. The molecule has 4 heterocycles. The molecule has 8 heteroatoms. The highest BCUT2D eigenvalue weighted by Crippen LogP contribution is 2.41. The van der Waals surface area contributed by atoms with Crippen LogP contribution in [0, 0.1) is 5.41 Å². The predicted molar refractivity (Wildman–Crippen MR) is 140 cm³/mol. The number of benzene rings is 1. The van der Waals surface area contributed by atoms with E-state index in [1.54, 1.807) is 11.3 Å². The third-order valence-corrected chi connectivity index (χ3v) is 8.44. The summed E-state index contributed by atoms with van der Waals surface area (Å²) in [5.41, 5.74) is 1.63. The third kappa shape index (κ3) is 5.09. The Hall–Kier alpha value is -3.39. The molecule has 3 aromatic rings. The van der Waals surface area contributed by atoms with Gasteiger partial charge in [-0.05, 0) is 60.4 Å². The van der Waals surface area contributed by atoms with E-state index in [1.807, 2.05) is 80.7 Å². The van der Waals surface area contributed by atoms with Gasteiger partial charge in [-0.25, -0.2) is 0 Å². The molecular formula is C28H32N4O3S. The average Bonchev–Trinajstić information content (AvgIpc) is 3.66. The molecule has 2 fully saturated rings. The quantitative estimate of drug-likeness (QED) is 0.556. The molecule has 3 amide bonds. The van der Waals surface area contributed by atoms with Crippen molar-refractivity contribution >= 4 is 29.1 Å². The summed E-state index contributed by atoms with van der Waals surface area (Å²) < 4.78 is 1.97. The Morgan fingerprint density at radius 3 is 2.31 bits per heavy atom. The van der Waals surface area contributed by atoms with Gasteiger partial charge in [0.25, 0.3) is 5.91 Å². The summed E-state index contributed by atoms with van der Waals surface area (Å²) in [6.45, 7) is 4.22. The Kier molecular flexibility index (Phi) is 6.96. The van der Waals surface area contributed by atoms with Gasteiger partial charge in [0.05, 0.1) is 11.3 Å². The number of nitrogens with zero attached hydrogens (tertiary/aromatic N) is 3. The topological polar surface area (TPSA) is 74.7 Å². The number of thiophene rings is 1. The summed E-state index contributed by atoms with van der Waals surface area (Å²) in [5, 5.41) is 4.85. The molecule has 0 bridgehead atoms. The highest BCUT2D eigenvalue weighted by molar-refractivity contribution is 7.09. The van der Waals surface area contributed by atoms with Crippen molar-refractivity contribution in [1.29, 1.82) is 0 Å². The second kappa shape index (κ2) is 10.3. The van der Waals surface area contributed by atoms with Crippen LogP contribution in [-0.4, -0.2) is 64.3 Å². The predicted octanol–water partition coefficient (Wildman–Crippen LogP) is 3.74. The van der Waals surface area contributed by atoms with Gasteiger partial charge in [-0.3, -0.25) is 14.4 Å². The first-order valence-electron chi connectivity index (χ1n) is 12.5. The summed E-state index contributed by atoms with van der Waals surface area (Å²) >= 11 is 1.60. The molecular weight excluding hydrogens is 472 g/mol. The molecule has 1 atom stereocenters. The maximum Gasteiger partial charge on any atom is 0.255 e. The summed E-state index contributed by atoms with van der Waals surface area (Å²) in [4.78, 5) is 43.6. The fourth-order valence-corrected chi connectivity index (χ4v) is 6.31. The molecule has 5 rings (SSSR count). The van der Waals surface area contributed by atoms with Crippen molar-refractivity contribution in [3.05, 3.63) is 76.7 Å². The molecule has 1 aromatic carbocycles. The Morgan fingerprint density at radius 1 is 0.944 bits per heavy atom. The summed E-state index contributed by atoms with van der Waals surface area (Å²) in [6.07, 6.45) is 7.12. The van der Waals surface area contributed by atoms with Gasteiger partial charge in [-0.15, -0.1) is 11.3 Å². The largest absolute Gasteiger partial charge is 0.344 e. The van der Waals surface area contributed by atoms with E-state index < -0.39 is 6.04 Å². The maximum absolute atomic E-state index is 13.4. The van der Waals surface area contributed by atoms with E-state index in [-0.39, 0.29) is 23.1 Å². The lowest BCUT2D eigenvalue weighted by Gasteiger charge is -2.39. The van der Waals surface area contributed by atoms with E-state index in [0.29, 0.717) is 38.2 Å². The van der Waals surface area contributed by atoms with E-state index >= 15 is 0 Å². The number of likely N-dealkylation sites (tertiary alicyclic amines) is 2. The van der Waals surface area contributed by atoms with E-state index in [4.69, 9.17) is 0 Å². The molecule has 2 aliphatic rings. The Morgan fingerprint density at radius 2 is 1.64 bits per heavy atom. The highest BCUT2D eigenvalue weighted by Gasteiger charge is 2.44. The third-order valence-electron chi connectivity index (χ3n) is 7.54. The number of carbonyl (C=O) groups is 3. The van der Waals surface area contributed by atoms with Crippen LogP contribution >= 0.6 is 11.3 Å². The number of rotatable bonds is 6. The lowest BCUT2D eigenvalue weighted by molar-refractivity contribution is -0.135. The van der Waals surface area contributed by atoms with Crippen molar-refractivity contribution in [3.63, 3.8) is 0 Å². The van der Waals surface area contributed by atoms with Crippen LogP contribution in [0.1, 0.15) is 41.4 Å². The fourth-order valence-electron chi connectivity index (χ4n) is 5.56. The van der Waals surface area contributed by atoms with Crippen LogP contribution in [0.2, 0.25) is 0 Å².